The van der Waals surface area contributed by atoms with Gasteiger partial charge in [-0.2, -0.15) is 4.98 Å². The van der Waals surface area contributed by atoms with Crippen molar-refractivity contribution in [2.45, 2.75) is 24.5 Å². The maximum atomic E-state index is 11.8. The third-order valence-corrected chi connectivity index (χ3v) is 3.93. The maximum absolute atomic E-state index is 11.8. The molecule has 4 N–H and O–H groups in total. The average molecular weight is 329 g/mol. The van der Waals surface area contributed by atoms with Crippen molar-refractivity contribution >= 4 is 26.6 Å². The van der Waals surface area contributed by atoms with Gasteiger partial charge in [-0.1, -0.05) is 0 Å². The van der Waals surface area contributed by atoms with Crippen LogP contribution < -0.4 is 11.3 Å². The summed E-state index contributed by atoms with van der Waals surface area (Å²) in [4.78, 5) is 22.3. The number of anilines is 1. The van der Waals surface area contributed by atoms with Crippen LogP contribution in [0.1, 0.15) is 6.23 Å². The number of nitrogen functional groups attached to an aromatic ring is 1. The van der Waals surface area contributed by atoms with Gasteiger partial charge in [-0.3, -0.25) is 14.3 Å². The molecule has 3 rings (SSSR count). The molecule has 120 valence electrons. The number of fused-ring (bicyclic) bond motifs is 1. The van der Waals surface area contributed by atoms with Crippen molar-refractivity contribution in [2.24, 2.45) is 0 Å². The molecular weight excluding hydrogens is 313 g/mol. The zero-order valence-corrected chi connectivity index (χ0v) is 12.8. The zero-order chi connectivity index (χ0) is 15.9. The monoisotopic (exact) mass is 329 g/mol. The molecule has 10 nitrogen and oxygen atoms in total. The average Bonchev–Trinajstić information content (AvgIpc) is 3.06. The molecule has 1 aliphatic rings. The van der Waals surface area contributed by atoms with Gasteiger partial charge in [0.1, 0.15) is 18.3 Å². The third-order valence-electron chi connectivity index (χ3n) is 3.62. The molecular formula is C11H16N5O5P. The minimum atomic E-state index is -0.661. The van der Waals surface area contributed by atoms with Crippen LogP contribution in [0.3, 0.4) is 0 Å². The van der Waals surface area contributed by atoms with Gasteiger partial charge in [0.2, 0.25) is 5.95 Å². The second-order valence-electron chi connectivity index (χ2n) is 4.82. The van der Waals surface area contributed by atoms with Gasteiger partial charge in [0.25, 0.3) is 5.56 Å². The van der Waals surface area contributed by atoms with Crippen molar-refractivity contribution in [1.29, 1.82) is 0 Å². The Balaban J connectivity index is 2.09. The first-order chi connectivity index (χ1) is 10.6. The molecule has 2 aromatic heterocycles. The summed E-state index contributed by atoms with van der Waals surface area (Å²) in [6, 6.07) is 0. The number of nitrogens with zero attached hydrogens (tertiary/aromatic N) is 3. The topological polar surface area (TPSA) is 138 Å². The number of aliphatic hydroxyl groups is 1. The highest BCUT2D eigenvalue weighted by Crippen LogP contribution is 2.35. The molecule has 0 spiro atoms. The predicted octanol–water partition coefficient (Wildman–Crippen LogP) is -1.22. The van der Waals surface area contributed by atoms with Crippen LogP contribution in [0.25, 0.3) is 11.2 Å². The van der Waals surface area contributed by atoms with Crippen molar-refractivity contribution in [3.63, 3.8) is 0 Å². The van der Waals surface area contributed by atoms with Gasteiger partial charge in [-0.25, -0.2) is 4.98 Å². The fourth-order valence-electron chi connectivity index (χ4n) is 2.62. The third kappa shape index (κ3) is 2.29. The van der Waals surface area contributed by atoms with Crippen molar-refractivity contribution in [2.75, 3.05) is 19.5 Å². The van der Waals surface area contributed by atoms with Crippen molar-refractivity contribution in [3.8, 4) is 0 Å². The van der Waals surface area contributed by atoms with Crippen molar-refractivity contribution < 1.29 is 19.1 Å². The smallest absolute Gasteiger partial charge is 0.280 e. The summed E-state index contributed by atoms with van der Waals surface area (Å²) >= 11 is 0. The lowest BCUT2D eigenvalue weighted by atomic mass is 10.1. The van der Waals surface area contributed by atoms with E-state index < -0.39 is 30.1 Å². The van der Waals surface area contributed by atoms with Gasteiger partial charge in [-0.15, -0.1) is 0 Å². The van der Waals surface area contributed by atoms with Crippen LogP contribution in [-0.4, -0.2) is 56.7 Å². The summed E-state index contributed by atoms with van der Waals surface area (Å²) in [7, 11) is 3.64. The van der Waals surface area contributed by atoms with E-state index in [4.69, 9.17) is 19.7 Å². The molecule has 0 bridgehead atoms. The molecule has 11 heteroatoms. The molecule has 0 saturated carbocycles. The number of methoxy groups -OCH3 is 1. The Morgan fingerprint density at radius 3 is 3.00 bits per heavy atom. The minimum Gasteiger partial charge on any atom is -0.394 e. The highest BCUT2D eigenvalue weighted by atomic mass is 31.0. The maximum Gasteiger partial charge on any atom is 0.280 e. The number of rotatable bonds is 4. The highest BCUT2D eigenvalue weighted by Gasteiger charge is 2.46. The largest absolute Gasteiger partial charge is 0.394 e. The van der Waals surface area contributed by atoms with Crippen LogP contribution in [0.5, 0.6) is 0 Å². The zero-order valence-electron chi connectivity index (χ0n) is 11.7. The number of H-pyrrole nitrogens is 1. The van der Waals surface area contributed by atoms with Gasteiger partial charge >= 0.3 is 0 Å². The van der Waals surface area contributed by atoms with Gasteiger partial charge in [-0.05, 0) is 0 Å². The quantitative estimate of drug-likeness (QED) is 0.594. The number of nitrogens with two attached hydrogens (primary N) is 1. The molecule has 1 aliphatic heterocycles. The number of aromatic nitrogens is 4. The van der Waals surface area contributed by atoms with E-state index in [2.05, 4.69) is 24.4 Å². The van der Waals surface area contributed by atoms with E-state index >= 15 is 0 Å². The van der Waals surface area contributed by atoms with E-state index in [1.54, 1.807) is 4.57 Å². The summed E-state index contributed by atoms with van der Waals surface area (Å²) in [6.45, 7) is -0.238. The van der Waals surface area contributed by atoms with Crippen molar-refractivity contribution in [3.05, 3.63) is 16.7 Å². The fourth-order valence-corrected chi connectivity index (χ4v) is 2.95. The summed E-state index contributed by atoms with van der Waals surface area (Å²) < 4.78 is 18.0. The number of hydrogen-bond donors (Lipinski definition) is 3. The van der Waals surface area contributed by atoms with Crippen LogP contribution in [0.4, 0.5) is 5.95 Å². The molecule has 0 amide bonds. The Bertz CT molecular complexity index is 733. The standard InChI is InChI=1S/C11H16N5O5P/c1-19-7-6(21-22)4(2-17)20-10(7)16-3-13-5-8(16)14-11(12)15-9(5)18/h3-4,6-7,10,17H,2,22H2,1H3,(H3,12,14,15,18). The molecule has 22 heavy (non-hydrogen) atoms. The van der Waals surface area contributed by atoms with Crippen LogP contribution >= 0.6 is 9.47 Å². The van der Waals surface area contributed by atoms with Crippen LogP contribution in [0.2, 0.25) is 0 Å². The van der Waals surface area contributed by atoms with Crippen LogP contribution in [0.15, 0.2) is 11.1 Å². The molecule has 2 aromatic rings. The normalized spacial score (nSPS) is 28.5. The van der Waals surface area contributed by atoms with E-state index in [0.717, 1.165) is 0 Å². The van der Waals surface area contributed by atoms with E-state index in [0.29, 0.717) is 0 Å². The SMILES string of the molecule is COC1C(OP)C(CO)OC1n1cnc2c(=O)[nH]c(N)nc21. The van der Waals surface area contributed by atoms with Gasteiger partial charge in [0.15, 0.2) is 17.4 Å². The van der Waals surface area contributed by atoms with Crippen LogP contribution in [0, 0.1) is 0 Å². The van der Waals surface area contributed by atoms with Gasteiger partial charge in [0, 0.05) is 16.6 Å². The Morgan fingerprint density at radius 1 is 1.59 bits per heavy atom. The van der Waals surface area contributed by atoms with E-state index in [-0.39, 0.29) is 23.7 Å². The first-order valence-corrected chi connectivity index (χ1v) is 6.94. The molecule has 1 saturated heterocycles. The lowest BCUT2D eigenvalue weighted by Crippen LogP contribution is -2.35. The van der Waals surface area contributed by atoms with Crippen molar-refractivity contribution in [1.82, 2.24) is 19.5 Å². The van der Waals surface area contributed by atoms with E-state index in [1.165, 1.54) is 13.4 Å². The summed E-state index contributed by atoms with van der Waals surface area (Å²) in [6.07, 6.45) is -0.838. The molecule has 3 heterocycles. The molecule has 5 unspecified atom stereocenters. The molecule has 0 radical (unpaired) electrons. The first-order valence-electron chi connectivity index (χ1n) is 6.47. The number of aromatic amines is 1. The predicted molar refractivity (Wildman–Crippen MR) is 78.9 cm³/mol. The lowest BCUT2D eigenvalue weighted by Gasteiger charge is -2.21. The first kappa shape index (κ1) is 15.3. The summed E-state index contributed by atoms with van der Waals surface area (Å²) in [5, 5.41) is 9.41. The summed E-state index contributed by atoms with van der Waals surface area (Å²) in [5.41, 5.74) is 5.55. The molecule has 5 atom stereocenters. The van der Waals surface area contributed by atoms with Gasteiger partial charge < -0.3 is 24.8 Å². The highest BCUT2D eigenvalue weighted by molar-refractivity contribution is 7.09. The second kappa shape index (κ2) is 5.90. The number of hydrogen-bond acceptors (Lipinski definition) is 8. The number of imidazole rings is 1. The number of ether oxygens (including phenoxy) is 2. The Labute approximate surface area is 126 Å². The lowest BCUT2D eigenvalue weighted by molar-refractivity contribution is -0.0583. The molecule has 0 aliphatic carbocycles. The minimum absolute atomic E-state index is 0.0243. The molecule has 1 fully saturated rings. The fraction of sp³-hybridized carbons (Fsp3) is 0.545. The molecule has 0 aromatic carbocycles. The Morgan fingerprint density at radius 2 is 2.36 bits per heavy atom. The Hall–Kier alpha value is -1.58. The Kier molecular flexibility index (Phi) is 4.11. The van der Waals surface area contributed by atoms with E-state index in [1.807, 2.05) is 0 Å². The van der Waals surface area contributed by atoms with Gasteiger partial charge in [0.05, 0.1) is 12.9 Å². The number of nitrogens with one attached hydrogen (secondary N) is 1. The van der Waals surface area contributed by atoms with E-state index in [9.17, 15) is 9.90 Å². The van der Waals surface area contributed by atoms with Crippen LogP contribution in [-0.2, 0) is 14.0 Å². The second-order valence-corrected chi connectivity index (χ2v) is 5.10. The number of aliphatic hydroxyl groups excluding tert-OH is 1. The summed E-state index contributed by atoms with van der Waals surface area (Å²) in [5.74, 6) is -0.0243.